The van der Waals surface area contributed by atoms with Crippen LogP contribution in [0.4, 0.5) is 4.39 Å². The van der Waals surface area contributed by atoms with E-state index in [0.29, 0.717) is 5.65 Å². The molecule has 1 fully saturated rings. The van der Waals surface area contributed by atoms with Crippen LogP contribution in [0.5, 0.6) is 0 Å². The fourth-order valence-electron chi connectivity index (χ4n) is 3.45. The van der Waals surface area contributed by atoms with Crippen molar-refractivity contribution in [1.29, 1.82) is 0 Å². The van der Waals surface area contributed by atoms with Crippen LogP contribution in [0.1, 0.15) is 23.5 Å². The highest BCUT2D eigenvalue weighted by atomic mass is 19.1. The Bertz CT molecular complexity index is 944. The molecule has 0 unspecified atom stereocenters. The van der Waals surface area contributed by atoms with Crippen LogP contribution in [0.25, 0.3) is 11.0 Å². The van der Waals surface area contributed by atoms with Crippen LogP contribution >= 0.6 is 0 Å². The van der Waals surface area contributed by atoms with E-state index >= 15 is 0 Å². The average Bonchev–Trinajstić information content (AvgIpc) is 3.18. The molecule has 0 spiro atoms. The van der Waals surface area contributed by atoms with Crippen molar-refractivity contribution in [3.8, 4) is 0 Å². The van der Waals surface area contributed by atoms with Crippen molar-refractivity contribution in [2.24, 2.45) is 0 Å². The lowest BCUT2D eigenvalue weighted by Crippen LogP contribution is -2.34. The van der Waals surface area contributed by atoms with E-state index in [2.05, 4.69) is 4.98 Å². The second kappa shape index (κ2) is 6.44. The van der Waals surface area contributed by atoms with Gasteiger partial charge in [0.15, 0.2) is 6.23 Å². The van der Waals surface area contributed by atoms with Crippen molar-refractivity contribution in [2.75, 3.05) is 0 Å². The number of pyridine rings is 1. The van der Waals surface area contributed by atoms with Crippen molar-refractivity contribution in [3.05, 3.63) is 65.7 Å². The molecule has 0 radical (unpaired) electrons. The van der Waals surface area contributed by atoms with E-state index < -0.39 is 36.5 Å². The van der Waals surface area contributed by atoms with E-state index in [0.717, 1.165) is 10.9 Å². The molecule has 1 aromatic carbocycles. The van der Waals surface area contributed by atoms with Crippen LogP contribution in [0, 0.1) is 12.7 Å². The maximum Gasteiger partial charge on any atom is 0.164 e. The average molecular weight is 358 g/mol. The maximum atomic E-state index is 13.4. The monoisotopic (exact) mass is 358 g/mol. The molecule has 136 valence electrons. The molecule has 0 saturated carbocycles. The van der Waals surface area contributed by atoms with Gasteiger partial charge < -0.3 is 24.6 Å². The fraction of sp³-hybridized carbons (Fsp3) is 0.316. The molecule has 0 bridgehead atoms. The van der Waals surface area contributed by atoms with Gasteiger partial charge in [-0.25, -0.2) is 9.37 Å². The molecule has 7 heteroatoms. The van der Waals surface area contributed by atoms with E-state index in [1.54, 1.807) is 23.0 Å². The predicted octanol–water partition coefficient (Wildman–Crippen LogP) is 1.84. The number of ether oxygens (including phenoxy) is 1. The summed E-state index contributed by atoms with van der Waals surface area (Å²) in [5.41, 5.74) is 1.91. The SMILES string of the molecule is Cc1ccnc2c1ccn2[C@@H]1O[C@H]([C@@H](O)c2cccc(F)c2)[C@@H](O)[C@H]1O. The maximum absolute atomic E-state index is 13.4. The summed E-state index contributed by atoms with van der Waals surface area (Å²) in [6.45, 7) is 1.95. The third-order valence-corrected chi connectivity index (χ3v) is 4.88. The number of halogens is 1. The van der Waals surface area contributed by atoms with Crippen molar-refractivity contribution in [1.82, 2.24) is 9.55 Å². The first-order valence-electron chi connectivity index (χ1n) is 8.34. The van der Waals surface area contributed by atoms with Gasteiger partial charge in [0.1, 0.15) is 35.9 Å². The second-order valence-electron chi connectivity index (χ2n) is 6.56. The summed E-state index contributed by atoms with van der Waals surface area (Å²) < 4.78 is 20.8. The first-order chi connectivity index (χ1) is 12.5. The van der Waals surface area contributed by atoms with Crippen LogP contribution < -0.4 is 0 Å². The summed E-state index contributed by atoms with van der Waals surface area (Å²) in [6.07, 6.45) is -2.50. The van der Waals surface area contributed by atoms with Crippen LogP contribution in [0.3, 0.4) is 0 Å². The Morgan fingerprint density at radius 2 is 2.00 bits per heavy atom. The molecule has 1 aliphatic rings. The smallest absolute Gasteiger partial charge is 0.164 e. The molecule has 3 aromatic rings. The lowest BCUT2D eigenvalue weighted by Gasteiger charge is -2.21. The molecule has 4 rings (SSSR count). The van der Waals surface area contributed by atoms with Gasteiger partial charge in [0.05, 0.1) is 0 Å². The molecular formula is C19H19FN2O4. The van der Waals surface area contributed by atoms with Crippen molar-refractivity contribution < 1.29 is 24.4 Å². The Morgan fingerprint density at radius 3 is 2.77 bits per heavy atom. The van der Waals surface area contributed by atoms with Crippen LogP contribution in [-0.4, -0.2) is 43.2 Å². The molecular weight excluding hydrogens is 339 g/mol. The van der Waals surface area contributed by atoms with E-state index in [1.807, 2.05) is 19.1 Å². The van der Waals surface area contributed by atoms with E-state index in [1.165, 1.54) is 18.2 Å². The first kappa shape index (κ1) is 17.1. The number of fused-ring (bicyclic) bond motifs is 1. The largest absolute Gasteiger partial charge is 0.387 e. The van der Waals surface area contributed by atoms with Gasteiger partial charge in [-0.2, -0.15) is 0 Å². The van der Waals surface area contributed by atoms with Gasteiger partial charge in [-0.15, -0.1) is 0 Å². The van der Waals surface area contributed by atoms with E-state index in [4.69, 9.17) is 4.74 Å². The van der Waals surface area contributed by atoms with Gasteiger partial charge in [-0.1, -0.05) is 12.1 Å². The summed E-state index contributed by atoms with van der Waals surface area (Å²) >= 11 is 0. The van der Waals surface area contributed by atoms with Crippen LogP contribution in [0.15, 0.2) is 48.8 Å². The number of nitrogens with zero attached hydrogens (tertiary/aromatic N) is 2. The number of hydrogen-bond donors (Lipinski definition) is 3. The molecule has 5 atom stereocenters. The standard InChI is InChI=1S/C19H19FN2O4/c1-10-5-7-21-18-13(10)6-8-22(18)19-16(25)15(24)17(26-19)14(23)11-3-2-4-12(20)9-11/h2-9,14-17,19,23-25H,1H3/t14-,15-,16+,17+,19+/m0/s1. The highest BCUT2D eigenvalue weighted by Crippen LogP contribution is 2.37. The normalized spacial score (nSPS) is 27.1. The summed E-state index contributed by atoms with van der Waals surface area (Å²) in [7, 11) is 0. The minimum Gasteiger partial charge on any atom is -0.387 e. The summed E-state index contributed by atoms with van der Waals surface area (Å²) in [4.78, 5) is 4.32. The molecule has 26 heavy (non-hydrogen) atoms. The van der Waals surface area contributed by atoms with Crippen molar-refractivity contribution >= 4 is 11.0 Å². The topological polar surface area (TPSA) is 87.7 Å². The van der Waals surface area contributed by atoms with Gasteiger partial charge in [0, 0.05) is 17.8 Å². The molecule has 2 aromatic heterocycles. The van der Waals surface area contributed by atoms with Gasteiger partial charge in [0.25, 0.3) is 0 Å². The van der Waals surface area contributed by atoms with Crippen LogP contribution in [-0.2, 0) is 4.74 Å². The predicted molar refractivity (Wildman–Crippen MR) is 91.8 cm³/mol. The number of aliphatic hydroxyl groups is 3. The summed E-state index contributed by atoms with van der Waals surface area (Å²) in [5.74, 6) is -0.498. The zero-order valence-corrected chi connectivity index (χ0v) is 14.0. The summed E-state index contributed by atoms with van der Waals surface area (Å²) in [5, 5.41) is 32.3. The van der Waals surface area contributed by atoms with Gasteiger partial charge in [-0.3, -0.25) is 0 Å². The number of aliphatic hydroxyl groups excluding tert-OH is 3. The molecule has 1 aliphatic heterocycles. The Morgan fingerprint density at radius 1 is 1.19 bits per heavy atom. The number of rotatable bonds is 3. The Hall–Kier alpha value is -2.32. The zero-order valence-electron chi connectivity index (χ0n) is 14.0. The van der Waals surface area contributed by atoms with Gasteiger partial charge in [-0.05, 0) is 42.3 Å². The van der Waals surface area contributed by atoms with E-state index in [-0.39, 0.29) is 5.56 Å². The van der Waals surface area contributed by atoms with Crippen molar-refractivity contribution in [2.45, 2.75) is 37.6 Å². The van der Waals surface area contributed by atoms with Gasteiger partial charge >= 0.3 is 0 Å². The first-order valence-corrected chi connectivity index (χ1v) is 8.34. The second-order valence-corrected chi connectivity index (χ2v) is 6.56. The fourth-order valence-corrected chi connectivity index (χ4v) is 3.45. The lowest BCUT2D eigenvalue weighted by atomic mass is 9.99. The minimum atomic E-state index is -1.33. The Kier molecular flexibility index (Phi) is 4.24. The molecule has 0 amide bonds. The molecule has 3 N–H and O–H groups in total. The lowest BCUT2D eigenvalue weighted by molar-refractivity contribution is -0.0848. The quantitative estimate of drug-likeness (QED) is 0.665. The molecule has 6 nitrogen and oxygen atoms in total. The number of hydrogen-bond acceptors (Lipinski definition) is 5. The molecule has 1 saturated heterocycles. The number of benzene rings is 1. The van der Waals surface area contributed by atoms with Gasteiger partial charge in [0.2, 0.25) is 0 Å². The third-order valence-electron chi connectivity index (χ3n) is 4.88. The highest BCUT2D eigenvalue weighted by Gasteiger charge is 2.47. The third kappa shape index (κ3) is 2.69. The Balaban J connectivity index is 1.66. The minimum absolute atomic E-state index is 0.272. The summed E-state index contributed by atoms with van der Waals surface area (Å²) in [6, 6.07) is 9.19. The number of aromatic nitrogens is 2. The number of aryl methyl sites for hydroxylation is 1. The van der Waals surface area contributed by atoms with Crippen molar-refractivity contribution in [3.63, 3.8) is 0 Å². The van der Waals surface area contributed by atoms with E-state index in [9.17, 15) is 19.7 Å². The molecule has 0 aliphatic carbocycles. The molecule has 3 heterocycles. The van der Waals surface area contributed by atoms with Crippen LogP contribution in [0.2, 0.25) is 0 Å². The highest BCUT2D eigenvalue weighted by molar-refractivity contribution is 5.79. The Labute approximate surface area is 149 Å². The zero-order chi connectivity index (χ0) is 18.4.